The molecule has 0 radical (unpaired) electrons. The van der Waals surface area contributed by atoms with Crippen LogP contribution in [-0.2, 0) is 6.54 Å². The van der Waals surface area contributed by atoms with E-state index in [9.17, 15) is 0 Å². The van der Waals surface area contributed by atoms with Gasteiger partial charge in [0, 0.05) is 29.5 Å². The maximum absolute atomic E-state index is 4.18. The summed E-state index contributed by atoms with van der Waals surface area (Å²) >= 11 is 3.45. The molecule has 3 heteroatoms. The molecule has 1 aliphatic carbocycles. The highest BCUT2D eigenvalue weighted by atomic mass is 79.9. The minimum Gasteiger partial charge on any atom is -0.310 e. The van der Waals surface area contributed by atoms with Crippen LogP contribution in [0, 0.1) is 11.8 Å². The molecule has 88 valence electrons. The predicted molar refractivity (Wildman–Crippen MR) is 70.1 cm³/mol. The zero-order valence-corrected chi connectivity index (χ0v) is 11.5. The molecule has 1 N–H and O–H groups in total. The summed E-state index contributed by atoms with van der Waals surface area (Å²) in [4.78, 5) is 4.18. The normalized spacial score (nSPS) is 29.6. The molecule has 2 rings (SSSR count). The van der Waals surface area contributed by atoms with E-state index in [0.29, 0.717) is 6.04 Å². The van der Waals surface area contributed by atoms with Crippen LogP contribution in [0.15, 0.2) is 22.9 Å². The molecule has 0 saturated heterocycles. The Morgan fingerprint density at radius 2 is 2.19 bits per heavy atom. The highest BCUT2D eigenvalue weighted by Crippen LogP contribution is 2.31. The first-order chi connectivity index (χ1) is 7.66. The van der Waals surface area contributed by atoms with Crippen molar-refractivity contribution < 1.29 is 0 Å². The van der Waals surface area contributed by atoms with E-state index in [2.05, 4.69) is 46.1 Å². The summed E-state index contributed by atoms with van der Waals surface area (Å²) < 4.78 is 1.06. The smallest absolute Gasteiger partial charge is 0.0410 e. The van der Waals surface area contributed by atoms with Gasteiger partial charge in [-0.1, -0.05) is 13.8 Å². The van der Waals surface area contributed by atoms with Gasteiger partial charge in [-0.15, -0.1) is 0 Å². The van der Waals surface area contributed by atoms with E-state index in [-0.39, 0.29) is 0 Å². The van der Waals surface area contributed by atoms with E-state index in [4.69, 9.17) is 0 Å². The fourth-order valence-corrected chi connectivity index (χ4v) is 2.87. The van der Waals surface area contributed by atoms with Crippen molar-refractivity contribution in [1.82, 2.24) is 10.3 Å². The van der Waals surface area contributed by atoms with Crippen LogP contribution < -0.4 is 5.32 Å². The lowest BCUT2D eigenvalue weighted by atomic mass is 9.98. The van der Waals surface area contributed by atoms with Crippen LogP contribution in [0.5, 0.6) is 0 Å². The second kappa shape index (κ2) is 5.28. The summed E-state index contributed by atoms with van der Waals surface area (Å²) in [5.41, 5.74) is 1.25. The van der Waals surface area contributed by atoms with Gasteiger partial charge in [-0.3, -0.25) is 4.98 Å². The lowest BCUT2D eigenvalue weighted by Gasteiger charge is -2.19. The van der Waals surface area contributed by atoms with E-state index >= 15 is 0 Å². The van der Waals surface area contributed by atoms with E-state index in [1.54, 1.807) is 0 Å². The van der Waals surface area contributed by atoms with Crippen LogP contribution in [0.2, 0.25) is 0 Å². The van der Waals surface area contributed by atoms with Gasteiger partial charge in [0.1, 0.15) is 0 Å². The summed E-state index contributed by atoms with van der Waals surface area (Å²) in [5, 5.41) is 3.64. The molecule has 3 unspecified atom stereocenters. The molecule has 2 nitrogen and oxygen atoms in total. The highest BCUT2D eigenvalue weighted by Gasteiger charge is 2.28. The van der Waals surface area contributed by atoms with Gasteiger partial charge in [0.25, 0.3) is 0 Å². The molecule has 0 bridgehead atoms. The summed E-state index contributed by atoms with van der Waals surface area (Å²) in [6, 6.07) is 2.80. The molecule has 1 aliphatic rings. The van der Waals surface area contributed by atoms with Crippen molar-refractivity contribution in [2.45, 2.75) is 39.3 Å². The van der Waals surface area contributed by atoms with E-state index < -0.39 is 0 Å². The van der Waals surface area contributed by atoms with Crippen molar-refractivity contribution in [1.29, 1.82) is 0 Å². The number of hydrogen-bond donors (Lipinski definition) is 1. The maximum Gasteiger partial charge on any atom is 0.0410 e. The number of hydrogen-bond acceptors (Lipinski definition) is 2. The van der Waals surface area contributed by atoms with Gasteiger partial charge in [0.2, 0.25) is 0 Å². The first kappa shape index (κ1) is 12.1. The number of aromatic nitrogens is 1. The Labute approximate surface area is 106 Å². The maximum atomic E-state index is 4.18. The highest BCUT2D eigenvalue weighted by molar-refractivity contribution is 9.10. The minimum atomic E-state index is 0.675. The zero-order valence-electron chi connectivity index (χ0n) is 9.91. The third kappa shape index (κ3) is 2.83. The summed E-state index contributed by atoms with van der Waals surface area (Å²) in [5.74, 6) is 1.65. The van der Waals surface area contributed by atoms with Crippen molar-refractivity contribution in [3.63, 3.8) is 0 Å². The SMILES string of the molecule is CC1CCC(NCc2cncc(Br)c2)C1C. The molecule has 16 heavy (non-hydrogen) atoms. The van der Waals surface area contributed by atoms with Crippen LogP contribution in [0.25, 0.3) is 0 Å². The molecule has 1 aromatic heterocycles. The lowest BCUT2D eigenvalue weighted by Crippen LogP contribution is -2.31. The molecular formula is C13H19BrN2. The molecule has 0 amide bonds. The van der Waals surface area contributed by atoms with Gasteiger partial charge >= 0.3 is 0 Å². The number of rotatable bonds is 3. The van der Waals surface area contributed by atoms with Crippen molar-refractivity contribution in [3.8, 4) is 0 Å². The van der Waals surface area contributed by atoms with Crippen LogP contribution >= 0.6 is 15.9 Å². The Hall–Kier alpha value is -0.410. The standard InChI is InChI=1S/C13H19BrN2/c1-9-3-4-13(10(9)2)16-7-11-5-12(14)8-15-6-11/h5-6,8-10,13,16H,3-4,7H2,1-2H3. The van der Waals surface area contributed by atoms with Crippen molar-refractivity contribution in [3.05, 3.63) is 28.5 Å². The Bertz CT molecular complexity index is 354. The molecule has 1 fully saturated rings. The van der Waals surface area contributed by atoms with Crippen LogP contribution in [0.3, 0.4) is 0 Å². The molecule has 1 saturated carbocycles. The van der Waals surface area contributed by atoms with Gasteiger partial charge in [0.15, 0.2) is 0 Å². The molecule has 1 aromatic rings. The number of nitrogens with one attached hydrogen (secondary N) is 1. The van der Waals surface area contributed by atoms with E-state index in [0.717, 1.165) is 22.9 Å². The van der Waals surface area contributed by atoms with Crippen LogP contribution in [-0.4, -0.2) is 11.0 Å². The van der Waals surface area contributed by atoms with Crippen LogP contribution in [0.1, 0.15) is 32.3 Å². The number of nitrogens with zero attached hydrogens (tertiary/aromatic N) is 1. The summed E-state index contributed by atoms with van der Waals surface area (Å²) in [7, 11) is 0. The zero-order chi connectivity index (χ0) is 11.5. The largest absolute Gasteiger partial charge is 0.310 e. The van der Waals surface area contributed by atoms with Gasteiger partial charge in [-0.25, -0.2) is 0 Å². The van der Waals surface area contributed by atoms with Gasteiger partial charge < -0.3 is 5.32 Å². The fourth-order valence-electron chi connectivity index (χ4n) is 2.45. The first-order valence-electron chi connectivity index (χ1n) is 5.99. The average Bonchev–Trinajstić information content (AvgIpc) is 2.57. The summed E-state index contributed by atoms with van der Waals surface area (Å²) in [6.45, 7) is 5.63. The minimum absolute atomic E-state index is 0.675. The van der Waals surface area contributed by atoms with Gasteiger partial charge in [-0.2, -0.15) is 0 Å². The monoisotopic (exact) mass is 282 g/mol. The van der Waals surface area contributed by atoms with Gasteiger partial charge in [0.05, 0.1) is 0 Å². The van der Waals surface area contributed by atoms with Crippen LogP contribution in [0.4, 0.5) is 0 Å². The second-order valence-electron chi connectivity index (χ2n) is 4.91. The molecule has 1 heterocycles. The fraction of sp³-hybridized carbons (Fsp3) is 0.615. The molecular weight excluding hydrogens is 264 g/mol. The molecule has 0 aliphatic heterocycles. The Morgan fingerprint density at radius 1 is 1.38 bits per heavy atom. The van der Waals surface area contributed by atoms with Crippen molar-refractivity contribution in [2.24, 2.45) is 11.8 Å². The second-order valence-corrected chi connectivity index (χ2v) is 5.83. The third-order valence-corrected chi connectivity index (χ3v) is 4.23. The average molecular weight is 283 g/mol. The molecule has 0 spiro atoms. The Balaban J connectivity index is 1.88. The Morgan fingerprint density at radius 3 is 2.81 bits per heavy atom. The Kier molecular flexibility index (Phi) is 3.98. The number of halogens is 1. The van der Waals surface area contributed by atoms with Crippen molar-refractivity contribution in [2.75, 3.05) is 0 Å². The first-order valence-corrected chi connectivity index (χ1v) is 6.79. The number of pyridine rings is 1. The summed E-state index contributed by atoms with van der Waals surface area (Å²) in [6.07, 6.45) is 6.42. The lowest BCUT2D eigenvalue weighted by molar-refractivity contribution is 0.369. The van der Waals surface area contributed by atoms with E-state index in [1.807, 2.05) is 12.4 Å². The quantitative estimate of drug-likeness (QED) is 0.920. The van der Waals surface area contributed by atoms with E-state index in [1.165, 1.54) is 18.4 Å². The topological polar surface area (TPSA) is 24.9 Å². The predicted octanol–water partition coefficient (Wildman–Crippen LogP) is 3.37. The molecule has 3 atom stereocenters. The van der Waals surface area contributed by atoms with Gasteiger partial charge in [-0.05, 0) is 52.2 Å². The molecule has 0 aromatic carbocycles. The van der Waals surface area contributed by atoms with Crippen molar-refractivity contribution >= 4 is 15.9 Å². The third-order valence-electron chi connectivity index (χ3n) is 3.80.